The molecule has 9 heteroatoms. The summed E-state index contributed by atoms with van der Waals surface area (Å²) in [6.45, 7) is 3.21. The average Bonchev–Trinajstić information content (AvgIpc) is 3.07. The first-order valence-corrected chi connectivity index (χ1v) is 9.57. The summed E-state index contributed by atoms with van der Waals surface area (Å²) in [5, 5.41) is 9.07. The zero-order chi connectivity index (χ0) is 15.0. The molecule has 0 bridgehead atoms. The number of anilines is 1. The van der Waals surface area contributed by atoms with Gasteiger partial charge in [0.2, 0.25) is 20.8 Å². The van der Waals surface area contributed by atoms with Gasteiger partial charge in [0.25, 0.3) is 0 Å². The van der Waals surface area contributed by atoms with Crippen molar-refractivity contribution < 1.29 is 8.42 Å². The summed E-state index contributed by atoms with van der Waals surface area (Å²) in [4.78, 5) is 10.8. The van der Waals surface area contributed by atoms with Crippen LogP contribution in [0.5, 0.6) is 0 Å². The molecular formula is C12H17N5O2S2. The highest BCUT2D eigenvalue weighted by molar-refractivity contribution is 7.90. The van der Waals surface area contributed by atoms with Crippen molar-refractivity contribution in [1.82, 2.24) is 20.2 Å². The topological polar surface area (TPSA) is 91.8 Å². The normalized spacial score (nSPS) is 19.9. The Bertz CT molecular complexity index is 736. The molecule has 0 aromatic carbocycles. The van der Waals surface area contributed by atoms with Gasteiger partial charge in [-0.2, -0.15) is 10.1 Å². The number of hydrogen-bond acceptors (Lipinski definition) is 7. The highest BCUT2D eigenvalue weighted by atomic mass is 32.2. The van der Waals surface area contributed by atoms with Crippen LogP contribution >= 0.6 is 11.3 Å². The van der Waals surface area contributed by atoms with E-state index < -0.39 is 9.84 Å². The lowest BCUT2D eigenvalue weighted by Crippen LogP contribution is -2.37. The molecule has 0 amide bonds. The van der Waals surface area contributed by atoms with Crippen LogP contribution in [0, 0.1) is 0 Å². The van der Waals surface area contributed by atoms with Crippen molar-refractivity contribution in [1.29, 1.82) is 0 Å². The third-order valence-electron chi connectivity index (χ3n) is 3.59. The van der Waals surface area contributed by atoms with Crippen LogP contribution in [0.3, 0.4) is 0 Å². The number of aromatic nitrogens is 4. The van der Waals surface area contributed by atoms with Gasteiger partial charge >= 0.3 is 0 Å². The largest absolute Gasteiger partial charge is 0.345 e. The van der Waals surface area contributed by atoms with E-state index in [-0.39, 0.29) is 5.16 Å². The number of aromatic amines is 1. The Hall–Kier alpha value is -1.48. The number of nitrogens with zero attached hydrogens (tertiary/aromatic N) is 4. The van der Waals surface area contributed by atoms with Crippen molar-refractivity contribution in [2.75, 3.05) is 17.7 Å². The molecule has 1 aliphatic heterocycles. The van der Waals surface area contributed by atoms with Crippen molar-refractivity contribution in [3.63, 3.8) is 0 Å². The molecule has 0 aliphatic carbocycles. The highest BCUT2D eigenvalue weighted by Gasteiger charge is 2.22. The number of nitrogens with one attached hydrogen (secondary N) is 1. The molecule has 0 spiro atoms. The second kappa shape index (κ2) is 5.38. The molecule has 7 nitrogen and oxygen atoms in total. The van der Waals surface area contributed by atoms with Gasteiger partial charge in [0.05, 0.1) is 0 Å². The molecule has 0 unspecified atom stereocenters. The van der Waals surface area contributed by atoms with Gasteiger partial charge in [-0.05, 0) is 26.2 Å². The molecule has 2 aromatic rings. The molecule has 21 heavy (non-hydrogen) atoms. The monoisotopic (exact) mass is 327 g/mol. The van der Waals surface area contributed by atoms with Crippen molar-refractivity contribution in [2.45, 2.75) is 37.4 Å². The summed E-state index contributed by atoms with van der Waals surface area (Å²) < 4.78 is 22.8. The molecule has 1 atom stereocenters. The molecule has 3 heterocycles. The van der Waals surface area contributed by atoms with Crippen LogP contribution in [0.1, 0.15) is 26.2 Å². The summed E-state index contributed by atoms with van der Waals surface area (Å²) in [5.41, 5.74) is 0.610. The van der Waals surface area contributed by atoms with Gasteiger partial charge in [0.1, 0.15) is 5.69 Å². The number of hydrogen-bond donors (Lipinski definition) is 1. The van der Waals surface area contributed by atoms with Crippen molar-refractivity contribution in [3.05, 3.63) is 5.38 Å². The van der Waals surface area contributed by atoms with E-state index in [0.29, 0.717) is 17.6 Å². The maximum Gasteiger partial charge on any atom is 0.243 e. The maximum atomic E-state index is 11.4. The zero-order valence-corrected chi connectivity index (χ0v) is 13.5. The summed E-state index contributed by atoms with van der Waals surface area (Å²) in [6.07, 6.45) is 4.71. The Morgan fingerprint density at radius 3 is 2.86 bits per heavy atom. The summed E-state index contributed by atoms with van der Waals surface area (Å²) >= 11 is 1.54. The van der Waals surface area contributed by atoms with Crippen LogP contribution in [0.2, 0.25) is 0 Å². The quantitative estimate of drug-likeness (QED) is 0.922. The lowest BCUT2D eigenvalue weighted by molar-refractivity contribution is 0.484. The van der Waals surface area contributed by atoms with E-state index in [4.69, 9.17) is 0 Å². The molecule has 3 rings (SSSR count). The van der Waals surface area contributed by atoms with Crippen LogP contribution in [-0.4, -0.2) is 47.4 Å². The van der Waals surface area contributed by atoms with Crippen LogP contribution in [0.4, 0.5) is 5.13 Å². The second-order valence-electron chi connectivity index (χ2n) is 5.29. The predicted octanol–water partition coefficient (Wildman–Crippen LogP) is 1.71. The second-order valence-corrected chi connectivity index (χ2v) is 8.06. The van der Waals surface area contributed by atoms with E-state index in [0.717, 1.165) is 17.9 Å². The molecule has 1 fully saturated rings. The third-order valence-corrected chi connectivity index (χ3v) is 5.35. The number of rotatable bonds is 3. The van der Waals surface area contributed by atoms with Gasteiger partial charge < -0.3 is 4.90 Å². The lowest BCUT2D eigenvalue weighted by atomic mass is 10.1. The Morgan fingerprint density at radius 1 is 1.38 bits per heavy atom. The summed E-state index contributed by atoms with van der Waals surface area (Å²) in [6, 6.07) is 0.483. The molecule has 0 saturated carbocycles. The minimum absolute atomic E-state index is 0.126. The predicted molar refractivity (Wildman–Crippen MR) is 81.3 cm³/mol. The molecule has 2 aromatic heterocycles. The first-order chi connectivity index (χ1) is 9.95. The number of piperidine rings is 1. The van der Waals surface area contributed by atoms with Crippen molar-refractivity contribution >= 4 is 26.3 Å². The van der Waals surface area contributed by atoms with E-state index in [9.17, 15) is 8.42 Å². The molecule has 0 radical (unpaired) electrons. The Kier molecular flexibility index (Phi) is 3.70. The van der Waals surface area contributed by atoms with Crippen molar-refractivity contribution in [3.8, 4) is 11.5 Å². The fourth-order valence-corrected chi connectivity index (χ4v) is 3.81. The Morgan fingerprint density at radius 2 is 2.19 bits per heavy atom. The van der Waals surface area contributed by atoms with E-state index in [2.05, 4.69) is 32.0 Å². The third kappa shape index (κ3) is 2.93. The molecule has 114 valence electrons. The van der Waals surface area contributed by atoms with Gasteiger partial charge in [0, 0.05) is 24.2 Å². The maximum absolute atomic E-state index is 11.4. The van der Waals surface area contributed by atoms with Gasteiger partial charge in [0.15, 0.2) is 5.13 Å². The minimum Gasteiger partial charge on any atom is -0.345 e. The molecule has 1 aliphatic rings. The minimum atomic E-state index is -3.38. The number of sulfone groups is 1. The average molecular weight is 327 g/mol. The Balaban J connectivity index is 1.86. The summed E-state index contributed by atoms with van der Waals surface area (Å²) in [7, 11) is -3.38. The van der Waals surface area contributed by atoms with Gasteiger partial charge in [-0.1, -0.05) is 0 Å². The summed E-state index contributed by atoms with van der Waals surface area (Å²) in [5.74, 6) is 0.322. The fourth-order valence-electron chi connectivity index (χ4n) is 2.41. The zero-order valence-electron chi connectivity index (χ0n) is 11.9. The van der Waals surface area contributed by atoms with Crippen molar-refractivity contribution in [2.24, 2.45) is 0 Å². The number of thiazole rings is 1. The molecule has 1 saturated heterocycles. The molecule has 1 N–H and O–H groups in total. The fraction of sp³-hybridized carbons (Fsp3) is 0.583. The van der Waals surface area contributed by atoms with Crippen LogP contribution in [0.25, 0.3) is 11.5 Å². The molecular weight excluding hydrogens is 310 g/mol. The van der Waals surface area contributed by atoms with E-state index in [1.807, 2.05) is 5.38 Å². The smallest absolute Gasteiger partial charge is 0.243 e. The van der Waals surface area contributed by atoms with Crippen LogP contribution in [0.15, 0.2) is 10.5 Å². The van der Waals surface area contributed by atoms with E-state index >= 15 is 0 Å². The van der Waals surface area contributed by atoms with Gasteiger partial charge in [-0.15, -0.1) is 11.3 Å². The highest BCUT2D eigenvalue weighted by Crippen LogP contribution is 2.30. The lowest BCUT2D eigenvalue weighted by Gasteiger charge is -2.32. The SMILES string of the molecule is C[C@@H]1CCCCN1c1nc(-c2n[nH]c(S(C)(=O)=O)n2)cs1. The number of H-pyrrole nitrogens is 1. The first kappa shape index (κ1) is 14.5. The first-order valence-electron chi connectivity index (χ1n) is 6.80. The van der Waals surface area contributed by atoms with Crippen LogP contribution in [-0.2, 0) is 9.84 Å². The van der Waals surface area contributed by atoms with E-state index in [1.165, 1.54) is 19.3 Å². The van der Waals surface area contributed by atoms with Gasteiger partial charge in [-0.3, -0.25) is 0 Å². The van der Waals surface area contributed by atoms with Gasteiger partial charge in [-0.25, -0.2) is 18.5 Å². The standard InChI is InChI=1S/C12H17N5O2S2/c1-8-5-3-4-6-17(8)12-13-9(7-20-12)10-14-11(16-15-10)21(2,18)19/h7-8H,3-6H2,1-2H3,(H,14,15,16)/t8-/m1/s1. The van der Waals surface area contributed by atoms with Crippen LogP contribution < -0.4 is 4.90 Å². The van der Waals surface area contributed by atoms with E-state index in [1.54, 1.807) is 11.3 Å². The Labute approximate surface area is 127 Å².